The summed E-state index contributed by atoms with van der Waals surface area (Å²) in [6, 6.07) is 14.2. The predicted octanol–water partition coefficient (Wildman–Crippen LogP) is 4.49. The van der Waals surface area contributed by atoms with Gasteiger partial charge >= 0.3 is 6.36 Å². The summed E-state index contributed by atoms with van der Waals surface area (Å²) in [6.45, 7) is 0. The van der Waals surface area contributed by atoms with Gasteiger partial charge in [0.05, 0.1) is 22.7 Å². The van der Waals surface area contributed by atoms with Crippen molar-refractivity contribution in [2.75, 3.05) is 16.3 Å². The van der Waals surface area contributed by atoms with Gasteiger partial charge in [-0.15, -0.1) is 13.2 Å². The molecule has 0 bridgehead atoms. The fraction of sp³-hybridized carbons (Fsp3) is 0.111. The first kappa shape index (κ1) is 19.8. The van der Waals surface area contributed by atoms with Crippen molar-refractivity contribution in [3.05, 3.63) is 60.9 Å². The summed E-state index contributed by atoms with van der Waals surface area (Å²) in [6.07, 6.45) is -1.81. The maximum atomic E-state index is 12.2. The summed E-state index contributed by atoms with van der Waals surface area (Å²) in [5.74, 6) is 0.175. The fourth-order valence-corrected chi connectivity index (χ4v) is 2.81. The molecule has 146 valence electrons. The number of hydrogen-bond acceptors (Lipinski definition) is 6. The molecule has 0 fully saturated rings. The van der Waals surface area contributed by atoms with Crippen molar-refractivity contribution in [3.63, 3.8) is 0 Å². The van der Waals surface area contributed by atoms with Gasteiger partial charge in [-0.05, 0) is 36.4 Å². The van der Waals surface area contributed by atoms with Gasteiger partial charge in [0, 0.05) is 17.3 Å². The molecule has 1 heterocycles. The van der Waals surface area contributed by atoms with Crippen molar-refractivity contribution in [2.24, 2.45) is 0 Å². The molecule has 0 saturated heterocycles. The molecule has 1 atom stereocenters. The Hall–Kier alpha value is -2.98. The molecular formula is C18H15F3N4O2S. The molecule has 0 spiro atoms. The van der Waals surface area contributed by atoms with Crippen molar-refractivity contribution in [2.45, 2.75) is 6.36 Å². The van der Waals surface area contributed by atoms with E-state index in [1.807, 2.05) is 12.1 Å². The molecule has 2 aromatic carbocycles. The van der Waals surface area contributed by atoms with E-state index in [1.54, 1.807) is 18.2 Å². The third-order valence-corrected chi connectivity index (χ3v) is 3.99. The van der Waals surface area contributed by atoms with Crippen LogP contribution in [0.15, 0.2) is 60.9 Å². The van der Waals surface area contributed by atoms with Crippen LogP contribution >= 0.6 is 0 Å². The molecule has 10 heteroatoms. The number of aromatic nitrogens is 2. The number of halogens is 3. The van der Waals surface area contributed by atoms with Crippen LogP contribution in [0.3, 0.4) is 0 Å². The summed E-state index contributed by atoms with van der Waals surface area (Å²) in [4.78, 5) is 8.33. The Kier molecular flexibility index (Phi) is 5.90. The van der Waals surface area contributed by atoms with Crippen LogP contribution < -0.4 is 14.8 Å². The Bertz CT molecular complexity index is 919. The third-order valence-electron chi connectivity index (χ3n) is 3.47. The first-order chi connectivity index (χ1) is 13.3. The van der Waals surface area contributed by atoms with Crippen LogP contribution in [0.25, 0.3) is 11.3 Å². The molecule has 0 saturated carbocycles. The molecule has 1 aromatic heterocycles. The average molecular weight is 408 g/mol. The molecule has 28 heavy (non-hydrogen) atoms. The Morgan fingerprint density at radius 3 is 2.21 bits per heavy atom. The zero-order valence-corrected chi connectivity index (χ0v) is 15.3. The number of nitrogens with one attached hydrogen (secondary N) is 2. The van der Waals surface area contributed by atoms with Gasteiger partial charge in [-0.3, -0.25) is 0 Å². The van der Waals surface area contributed by atoms with E-state index in [9.17, 15) is 17.7 Å². The topological polar surface area (TPSA) is 82.1 Å². The minimum atomic E-state index is -4.73. The Labute approximate surface area is 162 Å². The van der Waals surface area contributed by atoms with Gasteiger partial charge in [-0.25, -0.2) is 14.7 Å². The molecule has 2 N–H and O–H groups in total. The maximum absolute atomic E-state index is 12.2. The number of hydrogen-bond donors (Lipinski definition) is 2. The van der Waals surface area contributed by atoms with Gasteiger partial charge in [-0.1, -0.05) is 12.1 Å². The van der Waals surface area contributed by atoms with Crippen molar-refractivity contribution >= 4 is 28.6 Å². The van der Waals surface area contributed by atoms with Gasteiger partial charge in [0.15, 0.2) is 0 Å². The highest BCUT2D eigenvalue weighted by molar-refractivity contribution is 7.92. The SMILES string of the molecule is C[S+]([O-])Nc1ccc(-c2cc(Nc3ccc(OC(F)(F)F)cc3)ncn2)cc1. The molecule has 3 rings (SSSR count). The second-order valence-electron chi connectivity index (χ2n) is 5.62. The quantitative estimate of drug-likeness (QED) is 0.585. The summed E-state index contributed by atoms with van der Waals surface area (Å²) in [7, 11) is 0. The zero-order chi connectivity index (χ0) is 20.1. The van der Waals surface area contributed by atoms with Crippen molar-refractivity contribution in [1.82, 2.24) is 9.97 Å². The zero-order valence-electron chi connectivity index (χ0n) is 14.5. The molecule has 0 aliphatic rings. The van der Waals surface area contributed by atoms with Gasteiger partial charge in [0.1, 0.15) is 24.2 Å². The fourth-order valence-electron chi connectivity index (χ4n) is 2.35. The molecular weight excluding hydrogens is 393 g/mol. The van der Waals surface area contributed by atoms with Crippen LogP contribution in [0.5, 0.6) is 5.75 Å². The average Bonchev–Trinajstić information content (AvgIpc) is 2.63. The number of alkyl halides is 3. The Morgan fingerprint density at radius 1 is 0.964 bits per heavy atom. The smallest absolute Gasteiger partial charge is 0.573 e. The lowest BCUT2D eigenvalue weighted by Crippen LogP contribution is -2.16. The largest absolute Gasteiger partial charge is 0.593 e. The molecule has 0 amide bonds. The Morgan fingerprint density at radius 2 is 1.61 bits per heavy atom. The van der Waals surface area contributed by atoms with Crippen LogP contribution in [0, 0.1) is 0 Å². The molecule has 1 unspecified atom stereocenters. The maximum Gasteiger partial charge on any atom is 0.573 e. The third kappa shape index (κ3) is 5.76. The second-order valence-corrected chi connectivity index (χ2v) is 6.73. The van der Waals surface area contributed by atoms with Gasteiger partial charge in [0.2, 0.25) is 0 Å². The van der Waals surface area contributed by atoms with Crippen LogP contribution in [0.1, 0.15) is 0 Å². The number of ether oxygens (including phenoxy) is 1. The highest BCUT2D eigenvalue weighted by Gasteiger charge is 2.30. The first-order valence-corrected chi connectivity index (χ1v) is 9.50. The summed E-state index contributed by atoms with van der Waals surface area (Å²) in [5, 5.41) is 3.00. The van der Waals surface area contributed by atoms with E-state index in [1.165, 1.54) is 36.8 Å². The van der Waals surface area contributed by atoms with Crippen LogP contribution in [-0.4, -0.2) is 27.1 Å². The normalized spacial score (nSPS) is 12.3. The van der Waals surface area contributed by atoms with Crippen molar-refractivity contribution in [1.29, 1.82) is 0 Å². The first-order valence-electron chi connectivity index (χ1n) is 7.94. The van der Waals surface area contributed by atoms with Crippen LogP contribution in [0.4, 0.5) is 30.4 Å². The van der Waals surface area contributed by atoms with Gasteiger partial charge in [0.25, 0.3) is 0 Å². The highest BCUT2D eigenvalue weighted by Crippen LogP contribution is 2.26. The lowest BCUT2D eigenvalue weighted by molar-refractivity contribution is -0.274. The van der Waals surface area contributed by atoms with E-state index in [-0.39, 0.29) is 5.75 Å². The van der Waals surface area contributed by atoms with Gasteiger partial charge in [-0.2, -0.15) is 0 Å². The van der Waals surface area contributed by atoms with Crippen LogP contribution in [0.2, 0.25) is 0 Å². The minimum Gasteiger partial charge on any atom is -0.593 e. The molecule has 3 aromatic rings. The summed E-state index contributed by atoms with van der Waals surface area (Å²) in [5.41, 5.74) is 2.74. The monoisotopic (exact) mass is 408 g/mol. The summed E-state index contributed by atoms with van der Waals surface area (Å²) >= 11 is -1.16. The minimum absolute atomic E-state index is 0.303. The van der Waals surface area contributed by atoms with E-state index >= 15 is 0 Å². The molecule has 6 nitrogen and oxygen atoms in total. The van der Waals surface area contributed by atoms with Gasteiger partial charge < -0.3 is 14.6 Å². The van der Waals surface area contributed by atoms with Crippen molar-refractivity contribution < 1.29 is 22.5 Å². The van der Waals surface area contributed by atoms with E-state index in [0.717, 1.165) is 11.3 Å². The van der Waals surface area contributed by atoms with Crippen molar-refractivity contribution in [3.8, 4) is 17.0 Å². The summed E-state index contributed by atoms with van der Waals surface area (Å²) < 4.78 is 54.4. The van der Waals surface area contributed by atoms with Crippen LogP contribution in [-0.2, 0) is 11.4 Å². The lowest BCUT2D eigenvalue weighted by Gasteiger charge is -2.11. The highest BCUT2D eigenvalue weighted by atomic mass is 32.2. The molecule has 0 aliphatic heterocycles. The number of anilines is 3. The lowest BCUT2D eigenvalue weighted by atomic mass is 10.1. The number of nitrogens with zero attached hydrogens (tertiary/aromatic N) is 2. The second kappa shape index (κ2) is 8.36. The Balaban J connectivity index is 1.71. The van der Waals surface area contributed by atoms with E-state index in [0.29, 0.717) is 17.2 Å². The number of benzene rings is 2. The predicted molar refractivity (Wildman–Crippen MR) is 102 cm³/mol. The molecule has 0 radical (unpaired) electrons. The standard InChI is InChI=1S/C18H15F3N4O2S/c1-28(26)25-14-4-2-12(3-5-14)16-10-17(23-11-22-16)24-13-6-8-15(9-7-13)27-18(19,20)21/h2-11,25H,1H3,(H,22,23,24). The number of rotatable bonds is 6. The van der Waals surface area contributed by atoms with E-state index < -0.39 is 17.7 Å². The van der Waals surface area contributed by atoms with E-state index in [2.05, 4.69) is 24.7 Å². The van der Waals surface area contributed by atoms with E-state index in [4.69, 9.17) is 0 Å². The molecule has 0 aliphatic carbocycles.